The highest BCUT2D eigenvalue weighted by Gasteiger charge is 2.30. The van der Waals surface area contributed by atoms with Gasteiger partial charge in [0.1, 0.15) is 0 Å². The third-order valence-electron chi connectivity index (χ3n) is 2.69. The van der Waals surface area contributed by atoms with Crippen LogP contribution in [0.2, 0.25) is 0 Å². The fourth-order valence-electron chi connectivity index (χ4n) is 1.84. The van der Waals surface area contributed by atoms with E-state index in [1.54, 1.807) is 0 Å². The normalized spacial score (nSPS) is 18.7. The number of hydrogen-bond acceptors (Lipinski definition) is 2. The number of hydrogen-bond donors (Lipinski definition) is 0. The van der Waals surface area contributed by atoms with Gasteiger partial charge >= 0.3 is 0 Å². The summed E-state index contributed by atoms with van der Waals surface area (Å²) in [4.78, 5) is 6.76. The molecule has 0 unspecified atom stereocenters. The molecule has 1 aliphatic rings. The summed E-state index contributed by atoms with van der Waals surface area (Å²) < 4.78 is 0. The molecule has 15 heavy (non-hydrogen) atoms. The van der Waals surface area contributed by atoms with Crippen LogP contribution in [0.15, 0.2) is 16.3 Å². The highest BCUT2D eigenvalue weighted by molar-refractivity contribution is 5.60. The Labute approximate surface area is 94.1 Å². The molecule has 2 heteroatoms. The zero-order valence-corrected chi connectivity index (χ0v) is 11.2. The molecule has 0 radical (unpaired) electrons. The summed E-state index contributed by atoms with van der Waals surface area (Å²) in [6.45, 7) is 14.5. The standard InChI is InChI=1S/C13H24N2/c1-12(2,3)10-8-15(7)9-14-11(10)13(4,5)6/h9H,8H2,1-7H3. The molecule has 86 valence electrons. The van der Waals surface area contributed by atoms with Crippen molar-refractivity contribution in [2.45, 2.75) is 41.5 Å². The molecule has 0 aliphatic carbocycles. The molecule has 0 saturated heterocycles. The molecule has 0 N–H and O–H groups in total. The van der Waals surface area contributed by atoms with E-state index in [0.717, 1.165) is 6.54 Å². The molecule has 1 aliphatic heterocycles. The van der Waals surface area contributed by atoms with E-state index in [2.05, 4.69) is 58.5 Å². The molecule has 0 aromatic carbocycles. The van der Waals surface area contributed by atoms with Crippen LogP contribution < -0.4 is 0 Å². The third-order valence-corrected chi connectivity index (χ3v) is 2.69. The van der Waals surface area contributed by atoms with E-state index in [1.807, 2.05) is 6.34 Å². The largest absolute Gasteiger partial charge is 0.362 e. The Hall–Kier alpha value is -0.790. The molecule has 0 aromatic rings. The predicted molar refractivity (Wildman–Crippen MR) is 67.1 cm³/mol. The van der Waals surface area contributed by atoms with Crippen LogP contribution in [0.4, 0.5) is 0 Å². The van der Waals surface area contributed by atoms with Crippen molar-refractivity contribution in [3.63, 3.8) is 0 Å². The van der Waals surface area contributed by atoms with E-state index in [9.17, 15) is 0 Å². The van der Waals surface area contributed by atoms with Gasteiger partial charge in [-0.25, -0.2) is 4.99 Å². The molecule has 0 saturated carbocycles. The maximum atomic E-state index is 4.61. The number of nitrogens with zero attached hydrogens (tertiary/aromatic N) is 2. The molecule has 0 fully saturated rings. The molecule has 0 aromatic heterocycles. The van der Waals surface area contributed by atoms with Crippen molar-refractivity contribution < 1.29 is 0 Å². The van der Waals surface area contributed by atoms with Crippen molar-refractivity contribution in [2.24, 2.45) is 15.8 Å². The Morgan fingerprint density at radius 3 is 2.00 bits per heavy atom. The van der Waals surface area contributed by atoms with E-state index in [0.29, 0.717) is 0 Å². The van der Waals surface area contributed by atoms with Gasteiger partial charge in [-0.3, -0.25) is 0 Å². The van der Waals surface area contributed by atoms with Gasteiger partial charge in [0.15, 0.2) is 0 Å². The van der Waals surface area contributed by atoms with Gasteiger partial charge in [0.25, 0.3) is 0 Å². The van der Waals surface area contributed by atoms with Crippen molar-refractivity contribution >= 4 is 6.34 Å². The third kappa shape index (κ3) is 2.83. The Balaban J connectivity index is 3.21. The summed E-state index contributed by atoms with van der Waals surface area (Å²) in [7, 11) is 2.08. The van der Waals surface area contributed by atoms with Gasteiger partial charge in [0.05, 0.1) is 6.34 Å². The lowest BCUT2D eigenvalue weighted by molar-refractivity contribution is 0.389. The second-order valence-corrected chi connectivity index (χ2v) is 6.49. The van der Waals surface area contributed by atoms with E-state index in [1.165, 1.54) is 11.3 Å². The predicted octanol–water partition coefficient (Wildman–Crippen LogP) is 3.31. The lowest BCUT2D eigenvalue weighted by Crippen LogP contribution is -2.32. The van der Waals surface area contributed by atoms with Crippen molar-refractivity contribution in [2.75, 3.05) is 13.6 Å². The zero-order chi connectivity index (χ0) is 11.9. The minimum absolute atomic E-state index is 0.139. The van der Waals surface area contributed by atoms with Gasteiger partial charge < -0.3 is 4.90 Å². The minimum Gasteiger partial charge on any atom is -0.362 e. The Morgan fingerprint density at radius 2 is 1.60 bits per heavy atom. The topological polar surface area (TPSA) is 15.6 Å². The number of allylic oxidation sites excluding steroid dienone is 1. The molecule has 0 bridgehead atoms. The Kier molecular flexibility index (Phi) is 2.99. The molecular formula is C13H24N2. The van der Waals surface area contributed by atoms with Crippen molar-refractivity contribution in [3.8, 4) is 0 Å². The lowest BCUT2D eigenvalue weighted by atomic mass is 9.78. The first-order valence-corrected chi connectivity index (χ1v) is 5.61. The fraction of sp³-hybridized carbons (Fsp3) is 0.769. The molecule has 1 rings (SSSR count). The second kappa shape index (κ2) is 3.66. The molecule has 0 spiro atoms. The average Bonchev–Trinajstić information content (AvgIpc) is 2.00. The average molecular weight is 208 g/mol. The summed E-state index contributed by atoms with van der Waals surface area (Å²) in [5, 5.41) is 0. The van der Waals surface area contributed by atoms with E-state index >= 15 is 0 Å². The molecule has 1 heterocycles. The molecule has 0 atom stereocenters. The van der Waals surface area contributed by atoms with Crippen molar-refractivity contribution in [1.29, 1.82) is 0 Å². The van der Waals surface area contributed by atoms with Crippen LogP contribution in [-0.4, -0.2) is 24.8 Å². The molecule has 0 amide bonds. The van der Waals surface area contributed by atoms with E-state index < -0.39 is 0 Å². The van der Waals surface area contributed by atoms with Crippen molar-refractivity contribution in [1.82, 2.24) is 4.90 Å². The summed E-state index contributed by atoms with van der Waals surface area (Å²) in [6, 6.07) is 0. The van der Waals surface area contributed by atoms with Crippen molar-refractivity contribution in [3.05, 3.63) is 11.3 Å². The number of likely N-dealkylation sites (N-methyl/N-ethyl adjacent to an activating group) is 1. The van der Waals surface area contributed by atoms with Crippen LogP contribution in [0.3, 0.4) is 0 Å². The van der Waals surface area contributed by atoms with Gasteiger partial charge in [-0.15, -0.1) is 0 Å². The van der Waals surface area contributed by atoms with Crippen LogP contribution in [-0.2, 0) is 0 Å². The number of rotatable bonds is 0. The maximum Gasteiger partial charge on any atom is 0.0908 e. The van der Waals surface area contributed by atoms with Crippen LogP contribution in [0.25, 0.3) is 0 Å². The van der Waals surface area contributed by atoms with Crippen LogP contribution in [0, 0.1) is 10.8 Å². The monoisotopic (exact) mass is 208 g/mol. The van der Waals surface area contributed by atoms with Crippen LogP contribution >= 0.6 is 0 Å². The lowest BCUT2D eigenvalue weighted by Gasteiger charge is -2.35. The second-order valence-electron chi connectivity index (χ2n) is 6.49. The summed E-state index contributed by atoms with van der Waals surface area (Å²) in [5.74, 6) is 0. The minimum atomic E-state index is 0.139. The molecular weight excluding hydrogens is 184 g/mol. The molecule has 2 nitrogen and oxygen atoms in total. The van der Waals surface area contributed by atoms with E-state index in [-0.39, 0.29) is 10.8 Å². The van der Waals surface area contributed by atoms with E-state index in [4.69, 9.17) is 0 Å². The van der Waals surface area contributed by atoms with Gasteiger partial charge in [-0.05, 0) is 11.0 Å². The van der Waals surface area contributed by atoms with Crippen LogP contribution in [0.1, 0.15) is 41.5 Å². The summed E-state index contributed by atoms with van der Waals surface area (Å²) in [6.07, 6.45) is 1.94. The van der Waals surface area contributed by atoms with Gasteiger partial charge in [0, 0.05) is 24.7 Å². The number of aliphatic imine (C=N–C) groups is 1. The van der Waals surface area contributed by atoms with Gasteiger partial charge in [0.2, 0.25) is 0 Å². The van der Waals surface area contributed by atoms with Gasteiger partial charge in [-0.2, -0.15) is 0 Å². The highest BCUT2D eigenvalue weighted by atomic mass is 15.1. The zero-order valence-electron chi connectivity index (χ0n) is 11.2. The first-order chi connectivity index (χ1) is 6.62. The van der Waals surface area contributed by atoms with Crippen LogP contribution in [0.5, 0.6) is 0 Å². The first-order valence-electron chi connectivity index (χ1n) is 5.61. The SMILES string of the molecule is CN1C=NC(C(C)(C)C)=C(C(C)(C)C)C1. The summed E-state index contributed by atoms with van der Waals surface area (Å²) in [5.41, 5.74) is 3.06. The smallest absolute Gasteiger partial charge is 0.0908 e. The highest BCUT2D eigenvalue weighted by Crippen LogP contribution is 2.38. The first kappa shape index (κ1) is 12.3. The Bertz CT molecular complexity index is 297. The quantitative estimate of drug-likeness (QED) is 0.596. The Morgan fingerprint density at radius 1 is 1.07 bits per heavy atom. The summed E-state index contributed by atoms with van der Waals surface area (Å²) >= 11 is 0. The van der Waals surface area contributed by atoms with Gasteiger partial charge in [-0.1, -0.05) is 41.5 Å². The fourth-order valence-corrected chi connectivity index (χ4v) is 1.84. The maximum absolute atomic E-state index is 4.61.